The van der Waals surface area contributed by atoms with Gasteiger partial charge in [-0.25, -0.2) is 0 Å². The Morgan fingerprint density at radius 1 is 1.05 bits per heavy atom. The van der Waals surface area contributed by atoms with Crippen molar-refractivity contribution in [2.75, 3.05) is 18.4 Å². The molecule has 1 amide bonds. The van der Waals surface area contributed by atoms with Crippen LogP contribution in [0.2, 0.25) is 0 Å². The minimum absolute atomic E-state index is 0.0812. The number of likely N-dealkylation sites (tertiary alicyclic amines) is 1. The average Bonchev–Trinajstić information content (AvgIpc) is 2.57. The van der Waals surface area contributed by atoms with Crippen LogP contribution in [0.1, 0.15) is 18.4 Å². The number of nitrogens with zero attached hydrogens (tertiary/aromatic N) is 1. The highest BCUT2D eigenvalue weighted by Gasteiger charge is 2.25. The number of hydrogen-bond acceptors (Lipinski definition) is 2. The number of benzene rings is 2. The molecule has 1 fully saturated rings. The molecule has 0 aromatic heterocycles. The lowest BCUT2D eigenvalue weighted by atomic mass is 9.96. The number of para-hydroxylation sites is 1. The van der Waals surface area contributed by atoms with Gasteiger partial charge in [-0.05, 0) is 37.1 Å². The molecule has 1 saturated heterocycles. The molecule has 1 aliphatic rings. The summed E-state index contributed by atoms with van der Waals surface area (Å²) in [6, 6.07) is 20.2. The van der Waals surface area contributed by atoms with E-state index in [2.05, 4.69) is 34.5 Å². The molecule has 0 spiro atoms. The first kappa shape index (κ1) is 14.8. The summed E-state index contributed by atoms with van der Waals surface area (Å²) < 4.78 is 0. The number of carbonyl (C=O) groups excluding carboxylic acids is 1. The molecule has 1 atom stereocenters. The van der Waals surface area contributed by atoms with Gasteiger partial charge in [-0.3, -0.25) is 9.69 Å². The van der Waals surface area contributed by atoms with E-state index in [1.165, 1.54) is 5.56 Å². The molecule has 0 aliphatic carbocycles. The second kappa shape index (κ2) is 7.23. The SMILES string of the molecule is O=C(Nc1ccccc1)[C@H]1CCCN(Cc2ccccc2)C1. The fourth-order valence-electron chi connectivity index (χ4n) is 3.02. The smallest absolute Gasteiger partial charge is 0.228 e. The summed E-state index contributed by atoms with van der Waals surface area (Å²) in [5.41, 5.74) is 2.19. The molecule has 1 aliphatic heterocycles. The quantitative estimate of drug-likeness (QED) is 0.935. The van der Waals surface area contributed by atoms with Crippen LogP contribution in [0.25, 0.3) is 0 Å². The highest BCUT2D eigenvalue weighted by Crippen LogP contribution is 2.20. The normalized spacial score (nSPS) is 18.8. The Bertz CT molecular complexity index is 597. The molecule has 0 saturated carbocycles. The van der Waals surface area contributed by atoms with E-state index in [4.69, 9.17) is 0 Å². The number of amides is 1. The van der Waals surface area contributed by atoms with Crippen LogP contribution in [-0.4, -0.2) is 23.9 Å². The van der Waals surface area contributed by atoms with Gasteiger partial charge in [0.1, 0.15) is 0 Å². The highest BCUT2D eigenvalue weighted by molar-refractivity contribution is 5.92. The van der Waals surface area contributed by atoms with E-state index < -0.39 is 0 Å². The standard InChI is InChI=1S/C19H22N2O/c22-19(20-18-11-5-2-6-12-18)17-10-7-13-21(15-17)14-16-8-3-1-4-9-16/h1-6,8-9,11-12,17H,7,10,13-15H2,(H,20,22)/t17-/m0/s1. The van der Waals surface area contributed by atoms with Crippen molar-refractivity contribution in [2.24, 2.45) is 5.92 Å². The van der Waals surface area contributed by atoms with Crippen molar-refractivity contribution in [1.82, 2.24) is 4.90 Å². The summed E-state index contributed by atoms with van der Waals surface area (Å²) in [5, 5.41) is 3.03. The van der Waals surface area contributed by atoms with Crippen LogP contribution in [0.15, 0.2) is 60.7 Å². The number of anilines is 1. The van der Waals surface area contributed by atoms with Crippen LogP contribution in [0.4, 0.5) is 5.69 Å². The van der Waals surface area contributed by atoms with Crippen molar-refractivity contribution in [3.05, 3.63) is 66.2 Å². The fourth-order valence-corrected chi connectivity index (χ4v) is 3.02. The van der Waals surface area contributed by atoms with Gasteiger partial charge in [0.15, 0.2) is 0 Å². The monoisotopic (exact) mass is 294 g/mol. The zero-order chi connectivity index (χ0) is 15.2. The van der Waals surface area contributed by atoms with Gasteiger partial charge in [-0.1, -0.05) is 48.5 Å². The third-order valence-electron chi connectivity index (χ3n) is 4.17. The first-order chi connectivity index (χ1) is 10.8. The van der Waals surface area contributed by atoms with Crippen molar-refractivity contribution in [1.29, 1.82) is 0 Å². The summed E-state index contributed by atoms with van der Waals surface area (Å²) in [5.74, 6) is 0.224. The Morgan fingerprint density at radius 2 is 1.73 bits per heavy atom. The Hall–Kier alpha value is -2.13. The summed E-state index contributed by atoms with van der Waals surface area (Å²) in [4.78, 5) is 14.8. The number of carbonyl (C=O) groups is 1. The topological polar surface area (TPSA) is 32.3 Å². The van der Waals surface area contributed by atoms with Crippen LogP contribution < -0.4 is 5.32 Å². The summed E-state index contributed by atoms with van der Waals surface area (Å²) >= 11 is 0. The van der Waals surface area contributed by atoms with Crippen molar-refractivity contribution >= 4 is 11.6 Å². The van der Waals surface area contributed by atoms with Gasteiger partial charge in [-0.15, -0.1) is 0 Å². The molecule has 0 radical (unpaired) electrons. The van der Waals surface area contributed by atoms with Crippen molar-refractivity contribution in [2.45, 2.75) is 19.4 Å². The Morgan fingerprint density at radius 3 is 2.45 bits per heavy atom. The molecular formula is C19H22N2O. The molecule has 1 N–H and O–H groups in total. The molecule has 2 aromatic carbocycles. The minimum atomic E-state index is 0.0812. The lowest BCUT2D eigenvalue weighted by Crippen LogP contribution is -2.40. The summed E-state index contributed by atoms with van der Waals surface area (Å²) in [6.45, 7) is 2.84. The van der Waals surface area contributed by atoms with Crippen molar-refractivity contribution in [3.8, 4) is 0 Å². The van der Waals surface area contributed by atoms with Gasteiger partial charge in [-0.2, -0.15) is 0 Å². The maximum absolute atomic E-state index is 12.4. The molecular weight excluding hydrogens is 272 g/mol. The van der Waals surface area contributed by atoms with Gasteiger partial charge in [0.25, 0.3) is 0 Å². The van der Waals surface area contributed by atoms with Crippen LogP contribution >= 0.6 is 0 Å². The molecule has 2 aromatic rings. The van der Waals surface area contributed by atoms with Crippen molar-refractivity contribution < 1.29 is 4.79 Å². The van der Waals surface area contributed by atoms with E-state index in [1.54, 1.807) is 0 Å². The molecule has 114 valence electrons. The van der Waals surface area contributed by atoms with Crippen LogP contribution in [0.3, 0.4) is 0 Å². The number of hydrogen-bond donors (Lipinski definition) is 1. The minimum Gasteiger partial charge on any atom is -0.326 e. The average molecular weight is 294 g/mol. The third kappa shape index (κ3) is 3.95. The first-order valence-corrected chi connectivity index (χ1v) is 7.93. The van der Waals surface area contributed by atoms with E-state index in [0.29, 0.717) is 0 Å². The van der Waals surface area contributed by atoms with E-state index in [-0.39, 0.29) is 11.8 Å². The predicted octanol–water partition coefficient (Wildman–Crippen LogP) is 3.54. The van der Waals surface area contributed by atoms with Gasteiger partial charge in [0, 0.05) is 18.8 Å². The van der Waals surface area contributed by atoms with E-state index >= 15 is 0 Å². The lowest BCUT2D eigenvalue weighted by Gasteiger charge is -2.32. The molecule has 3 rings (SSSR count). The number of nitrogens with one attached hydrogen (secondary N) is 1. The first-order valence-electron chi connectivity index (χ1n) is 7.93. The van der Waals surface area contributed by atoms with Crippen LogP contribution in [0.5, 0.6) is 0 Å². The molecule has 3 heteroatoms. The number of rotatable bonds is 4. The maximum Gasteiger partial charge on any atom is 0.228 e. The zero-order valence-corrected chi connectivity index (χ0v) is 12.7. The van der Waals surface area contributed by atoms with Gasteiger partial charge >= 0.3 is 0 Å². The molecule has 3 nitrogen and oxygen atoms in total. The zero-order valence-electron chi connectivity index (χ0n) is 12.7. The summed E-state index contributed by atoms with van der Waals surface area (Å²) in [6.07, 6.45) is 2.06. The predicted molar refractivity (Wildman–Crippen MR) is 89.5 cm³/mol. The van der Waals surface area contributed by atoms with Gasteiger partial charge < -0.3 is 5.32 Å². The highest BCUT2D eigenvalue weighted by atomic mass is 16.1. The number of piperidine rings is 1. The lowest BCUT2D eigenvalue weighted by molar-refractivity contribution is -0.121. The molecule has 0 unspecified atom stereocenters. The third-order valence-corrected chi connectivity index (χ3v) is 4.17. The van der Waals surface area contributed by atoms with E-state index in [0.717, 1.165) is 38.2 Å². The fraction of sp³-hybridized carbons (Fsp3) is 0.316. The largest absolute Gasteiger partial charge is 0.326 e. The molecule has 22 heavy (non-hydrogen) atoms. The summed E-state index contributed by atoms with van der Waals surface area (Å²) in [7, 11) is 0. The van der Waals surface area contributed by atoms with Gasteiger partial charge in [0.2, 0.25) is 5.91 Å². The van der Waals surface area contributed by atoms with Gasteiger partial charge in [0.05, 0.1) is 5.92 Å². The second-order valence-electron chi connectivity index (χ2n) is 5.92. The molecule has 1 heterocycles. The Balaban J connectivity index is 1.57. The molecule has 0 bridgehead atoms. The Labute approximate surface area is 132 Å². The maximum atomic E-state index is 12.4. The van der Waals surface area contributed by atoms with Crippen LogP contribution in [0, 0.1) is 5.92 Å². The Kier molecular flexibility index (Phi) is 4.86. The van der Waals surface area contributed by atoms with E-state index in [9.17, 15) is 4.79 Å². The second-order valence-corrected chi connectivity index (χ2v) is 5.92. The van der Waals surface area contributed by atoms with Crippen molar-refractivity contribution in [3.63, 3.8) is 0 Å². The van der Waals surface area contributed by atoms with Crippen LogP contribution in [-0.2, 0) is 11.3 Å². The van der Waals surface area contributed by atoms with E-state index in [1.807, 2.05) is 36.4 Å².